The molecule has 0 bridgehead atoms. The minimum Gasteiger partial charge on any atom is -0.0622 e. The lowest BCUT2D eigenvalue weighted by molar-refractivity contribution is 1.65. The Hall–Kier alpha value is -2.95. The van der Waals surface area contributed by atoms with E-state index < -0.39 is 7.26 Å². The molecule has 130 valence electrons. The highest BCUT2D eigenvalue weighted by molar-refractivity contribution is 8.03. The largest absolute Gasteiger partial charge is 0.144 e. The molecule has 4 rings (SSSR count). The zero-order valence-electron chi connectivity index (χ0n) is 15.2. The topological polar surface area (TPSA) is 0 Å². The summed E-state index contributed by atoms with van der Waals surface area (Å²) in [5.41, 5.74) is 1.20. The van der Waals surface area contributed by atoms with Crippen molar-refractivity contribution in [2.75, 3.05) is 0 Å². The first-order valence-electron chi connectivity index (χ1n) is 9.14. The lowest BCUT2D eigenvalue weighted by Gasteiger charge is -2.29. The number of benzene rings is 4. The van der Waals surface area contributed by atoms with E-state index >= 15 is 0 Å². The van der Waals surface area contributed by atoms with Crippen molar-refractivity contribution in [2.45, 2.75) is 0 Å². The van der Waals surface area contributed by atoms with Crippen molar-refractivity contribution < 1.29 is 0 Å². The van der Waals surface area contributed by atoms with Crippen LogP contribution in [0, 0.1) is 0 Å². The van der Waals surface area contributed by atoms with Crippen LogP contribution in [0.25, 0.3) is 5.31 Å². The van der Waals surface area contributed by atoms with E-state index in [1.807, 2.05) is 0 Å². The summed E-state index contributed by atoms with van der Waals surface area (Å²) in [6.45, 7) is 4.68. The molecule has 0 heterocycles. The highest BCUT2D eigenvalue weighted by atomic mass is 31.2. The molecule has 0 radical (unpaired) electrons. The van der Waals surface area contributed by atoms with E-state index in [4.69, 9.17) is 0 Å². The van der Waals surface area contributed by atoms with Gasteiger partial charge in [-0.15, -0.1) is 0 Å². The normalized spacial score (nSPS) is 11.1. The average Bonchev–Trinajstić information content (AvgIpc) is 2.77. The lowest BCUT2D eigenvalue weighted by atomic mass is 10.2. The fraction of sp³-hybridized carbons (Fsp3) is 0. The van der Waals surface area contributed by atoms with Gasteiger partial charge in [-0.3, -0.25) is 0 Å². The Kier molecular flexibility index (Phi) is 5.01. The van der Waals surface area contributed by atoms with Crippen molar-refractivity contribution in [2.24, 2.45) is 0 Å². The smallest absolute Gasteiger partial charge is 0.0622 e. The van der Waals surface area contributed by atoms with Crippen LogP contribution in [0.5, 0.6) is 0 Å². The summed E-state index contributed by atoms with van der Waals surface area (Å²) in [5.74, 6) is 0. The molecular weight excluding hydrogens is 343 g/mol. The van der Waals surface area contributed by atoms with Crippen LogP contribution in [0.4, 0.5) is 0 Å². The third-order valence-electron chi connectivity index (χ3n) is 4.94. The lowest BCUT2D eigenvalue weighted by Crippen LogP contribution is -2.31. The van der Waals surface area contributed by atoms with Gasteiger partial charge in [-0.05, 0) is 36.4 Å². The van der Waals surface area contributed by atoms with E-state index in [0.717, 1.165) is 0 Å². The van der Waals surface area contributed by atoms with Crippen LogP contribution in [0.1, 0.15) is 5.56 Å². The summed E-state index contributed by atoms with van der Waals surface area (Å²) < 4.78 is 0. The van der Waals surface area contributed by atoms with Gasteiger partial charge < -0.3 is 0 Å². The van der Waals surface area contributed by atoms with Crippen LogP contribution in [0.2, 0.25) is 0 Å². The molecule has 0 nitrogen and oxygen atoms in total. The molecule has 0 aromatic heterocycles. The molecule has 1 heteroatoms. The predicted octanol–water partition coefficient (Wildman–Crippen LogP) is 5.65. The van der Waals surface area contributed by atoms with Gasteiger partial charge >= 0.3 is 0 Å². The number of hydrogen-bond acceptors (Lipinski definition) is 0. The fourth-order valence-corrected chi connectivity index (χ4v) is 7.92. The quantitative estimate of drug-likeness (QED) is 0.401. The molecule has 0 atom stereocenters. The molecular formula is C26H22P+. The van der Waals surface area contributed by atoms with Gasteiger partial charge in [-0.1, -0.05) is 91.5 Å². The molecule has 0 spiro atoms. The predicted molar refractivity (Wildman–Crippen MR) is 121 cm³/mol. The van der Waals surface area contributed by atoms with E-state index in [1.165, 1.54) is 26.8 Å². The molecule has 0 aliphatic heterocycles. The van der Waals surface area contributed by atoms with Gasteiger partial charge in [0.25, 0.3) is 0 Å². The zero-order valence-corrected chi connectivity index (χ0v) is 16.1. The van der Waals surface area contributed by atoms with Crippen LogP contribution < -0.4 is 15.9 Å². The maximum Gasteiger partial charge on any atom is 0.144 e. The molecule has 0 saturated carbocycles. The number of rotatable bonds is 5. The molecule has 0 amide bonds. The summed E-state index contributed by atoms with van der Waals surface area (Å²) in [7, 11) is -2.06. The second kappa shape index (κ2) is 7.74. The molecule has 4 aromatic carbocycles. The highest BCUT2D eigenvalue weighted by Crippen LogP contribution is 2.65. The highest BCUT2D eigenvalue weighted by Gasteiger charge is 2.48. The van der Waals surface area contributed by atoms with Gasteiger partial charge in [0.2, 0.25) is 0 Å². The maximum atomic E-state index is 4.68. The van der Waals surface area contributed by atoms with Gasteiger partial charge in [0.05, 0.1) is 0 Å². The van der Waals surface area contributed by atoms with Crippen LogP contribution in [-0.2, 0) is 0 Å². The molecule has 0 aliphatic carbocycles. The van der Waals surface area contributed by atoms with Crippen molar-refractivity contribution in [1.29, 1.82) is 0 Å². The van der Waals surface area contributed by atoms with Crippen molar-refractivity contribution in [3.05, 3.63) is 133 Å². The first-order valence-corrected chi connectivity index (χ1v) is 10.9. The monoisotopic (exact) mass is 365 g/mol. The first kappa shape index (κ1) is 17.5. The van der Waals surface area contributed by atoms with Crippen molar-refractivity contribution in [1.82, 2.24) is 0 Å². The molecule has 0 saturated heterocycles. The van der Waals surface area contributed by atoms with E-state index in [9.17, 15) is 0 Å². The van der Waals surface area contributed by atoms with Crippen LogP contribution >= 0.6 is 7.26 Å². The average molecular weight is 365 g/mol. The fourth-order valence-electron chi connectivity index (χ4n) is 3.69. The number of hydrogen-bond donors (Lipinski definition) is 0. The Labute approximate surface area is 162 Å². The van der Waals surface area contributed by atoms with Gasteiger partial charge in [-0.2, -0.15) is 0 Å². The van der Waals surface area contributed by atoms with E-state index in [2.05, 4.69) is 128 Å². The Morgan fingerprint density at radius 2 is 0.741 bits per heavy atom. The maximum absolute atomic E-state index is 4.68. The second-order valence-corrected chi connectivity index (χ2v) is 9.92. The molecule has 0 fully saturated rings. The Bertz CT molecular complexity index is 910. The van der Waals surface area contributed by atoms with Crippen LogP contribution in [-0.4, -0.2) is 0 Å². The van der Waals surface area contributed by atoms with Crippen molar-refractivity contribution in [3.63, 3.8) is 0 Å². The SMILES string of the molecule is C=C(c1ccccc1)[P+](c1ccccc1)(c1ccccc1)c1ccccc1. The van der Waals surface area contributed by atoms with E-state index in [-0.39, 0.29) is 0 Å². The zero-order chi connectivity index (χ0) is 18.5. The third-order valence-corrected chi connectivity index (χ3v) is 9.23. The standard InChI is InChI=1S/C26H22P/c1-22(23-14-6-2-7-15-23)27(24-16-8-3-9-17-24,25-18-10-4-11-19-25)26-20-12-5-13-21-26/h2-21H,1H2/q+1. The Morgan fingerprint density at radius 1 is 0.444 bits per heavy atom. The van der Waals surface area contributed by atoms with E-state index in [0.29, 0.717) is 0 Å². The molecule has 0 N–H and O–H groups in total. The van der Waals surface area contributed by atoms with Crippen molar-refractivity contribution in [3.8, 4) is 0 Å². The van der Waals surface area contributed by atoms with Gasteiger partial charge in [0, 0.05) is 5.56 Å². The van der Waals surface area contributed by atoms with Crippen LogP contribution in [0.15, 0.2) is 128 Å². The third kappa shape index (κ3) is 3.14. The first-order chi connectivity index (χ1) is 13.3. The molecule has 27 heavy (non-hydrogen) atoms. The van der Waals surface area contributed by atoms with Gasteiger partial charge in [-0.25, -0.2) is 0 Å². The minimum atomic E-state index is -2.06. The van der Waals surface area contributed by atoms with Crippen molar-refractivity contribution >= 4 is 28.5 Å². The summed E-state index contributed by atoms with van der Waals surface area (Å²) >= 11 is 0. The van der Waals surface area contributed by atoms with Gasteiger partial charge in [0.1, 0.15) is 28.5 Å². The van der Waals surface area contributed by atoms with Gasteiger partial charge in [0.15, 0.2) is 0 Å². The van der Waals surface area contributed by atoms with E-state index in [1.54, 1.807) is 0 Å². The summed E-state index contributed by atoms with van der Waals surface area (Å²) in [4.78, 5) is 0. The summed E-state index contributed by atoms with van der Waals surface area (Å²) in [5, 5.41) is 5.18. The summed E-state index contributed by atoms with van der Waals surface area (Å²) in [6, 6.07) is 43.2. The Balaban J connectivity index is 2.08. The van der Waals surface area contributed by atoms with Crippen LogP contribution in [0.3, 0.4) is 0 Å². The minimum absolute atomic E-state index is 1.19. The molecule has 0 aliphatic rings. The Morgan fingerprint density at radius 3 is 1.07 bits per heavy atom. The molecule has 0 unspecified atom stereocenters. The molecule has 4 aromatic rings. The summed E-state index contributed by atoms with van der Waals surface area (Å²) in [6.07, 6.45) is 0. The second-order valence-electron chi connectivity index (χ2n) is 6.49.